The number of piperidine rings is 1. The molecule has 8 nitrogen and oxygen atoms in total. The second kappa shape index (κ2) is 7.18. The summed E-state index contributed by atoms with van der Waals surface area (Å²) in [5.74, 6) is 2.61. The Morgan fingerprint density at radius 3 is 2.43 bits per heavy atom. The van der Waals surface area contributed by atoms with E-state index in [1.165, 1.54) is 12.8 Å². The average Bonchev–Trinajstić information content (AvgIpc) is 3.50. The van der Waals surface area contributed by atoms with Gasteiger partial charge in [0.2, 0.25) is 0 Å². The van der Waals surface area contributed by atoms with Crippen molar-refractivity contribution in [2.75, 3.05) is 18.0 Å². The molecular formula is C20H23N7O. The first-order chi connectivity index (χ1) is 13.7. The first-order valence-electron chi connectivity index (χ1n) is 9.80. The normalized spacial score (nSPS) is 17.7. The van der Waals surface area contributed by atoms with Crippen LogP contribution in [-0.4, -0.2) is 48.9 Å². The SMILES string of the molecule is Cn1cc(-c2cnc(OC3CCN(c4ccnc(C5CC5)n4)CC3)nc2)cn1. The molecule has 28 heavy (non-hydrogen) atoms. The van der Waals surface area contributed by atoms with E-state index in [1.807, 2.05) is 25.5 Å². The Kier molecular flexibility index (Phi) is 4.38. The van der Waals surface area contributed by atoms with Gasteiger partial charge in [0.25, 0.3) is 0 Å². The predicted molar refractivity (Wildman–Crippen MR) is 104 cm³/mol. The third kappa shape index (κ3) is 3.67. The molecule has 0 atom stereocenters. The Bertz CT molecular complexity index is 943. The molecule has 2 fully saturated rings. The highest BCUT2D eigenvalue weighted by atomic mass is 16.5. The molecule has 3 aromatic heterocycles. The Morgan fingerprint density at radius 1 is 0.964 bits per heavy atom. The van der Waals surface area contributed by atoms with Gasteiger partial charge < -0.3 is 9.64 Å². The van der Waals surface area contributed by atoms with E-state index >= 15 is 0 Å². The van der Waals surface area contributed by atoms with Crippen LogP contribution in [0.4, 0.5) is 5.82 Å². The number of rotatable bonds is 5. The van der Waals surface area contributed by atoms with Gasteiger partial charge in [-0.2, -0.15) is 5.10 Å². The molecule has 0 N–H and O–H groups in total. The minimum atomic E-state index is 0.130. The molecule has 1 aliphatic heterocycles. The molecule has 0 amide bonds. The van der Waals surface area contributed by atoms with Crippen LogP contribution in [0.1, 0.15) is 37.4 Å². The van der Waals surface area contributed by atoms with Gasteiger partial charge in [-0.25, -0.2) is 19.9 Å². The summed E-state index contributed by atoms with van der Waals surface area (Å²) >= 11 is 0. The van der Waals surface area contributed by atoms with Crippen molar-refractivity contribution < 1.29 is 4.74 Å². The number of anilines is 1. The van der Waals surface area contributed by atoms with E-state index in [0.717, 1.165) is 48.7 Å². The summed E-state index contributed by atoms with van der Waals surface area (Å²) in [7, 11) is 1.89. The first kappa shape index (κ1) is 17.1. The molecule has 0 bridgehead atoms. The summed E-state index contributed by atoms with van der Waals surface area (Å²) in [6, 6.07) is 2.44. The van der Waals surface area contributed by atoms with Crippen molar-refractivity contribution in [3.05, 3.63) is 42.9 Å². The maximum atomic E-state index is 6.01. The van der Waals surface area contributed by atoms with Crippen LogP contribution in [0.5, 0.6) is 6.01 Å². The van der Waals surface area contributed by atoms with Crippen molar-refractivity contribution in [1.29, 1.82) is 0 Å². The lowest BCUT2D eigenvalue weighted by Gasteiger charge is -2.32. The Morgan fingerprint density at radius 2 is 1.75 bits per heavy atom. The molecule has 2 aliphatic rings. The lowest BCUT2D eigenvalue weighted by molar-refractivity contribution is 0.156. The largest absolute Gasteiger partial charge is 0.460 e. The van der Waals surface area contributed by atoms with E-state index in [9.17, 15) is 0 Å². The molecule has 8 heteroatoms. The van der Waals surface area contributed by atoms with E-state index in [4.69, 9.17) is 9.72 Å². The molecule has 1 saturated heterocycles. The molecule has 0 unspecified atom stereocenters. The second-order valence-corrected chi connectivity index (χ2v) is 7.51. The molecule has 3 aromatic rings. The summed E-state index contributed by atoms with van der Waals surface area (Å²) in [5, 5.41) is 4.18. The zero-order chi connectivity index (χ0) is 18.9. The van der Waals surface area contributed by atoms with E-state index in [-0.39, 0.29) is 6.10 Å². The van der Waals surface area contributed by atoms with Crippen molar-refractivity contribution >= 4 is 5.82 Å². The average molecular weight is 377 g/mol. The predicted octanol–water partition coefficient (Wildman–Crippen LogP) is 2.59. The second-order valence-electron chi connectivity index (χ2n) is 7.51. The third-order valence-electron chi connectivity index (χ3n) is 5.31. The maximum absolute atomic E-state index is 6.01. The van der Waals surface area contributed by atoms with Crippen molar-refractivity contribution in [2.24, 2.45) is 7.05 Å². The summed E-state index contributed by atoms with van der Waals surface area (Å²) in [4.78, 5) is 20.2. The zero-order valence-electron chi connectivity index (χ0n) is 15.9. The number of aryl methyl sites for hydroxylation is 1. The Balaban J connectivity index is 1.17. The smallest absolute Gasteiger partial charge is 0.316 e. The molecule has 144 valence electrons. The summed E-state index contributed by atoms with van der Waals surface area (Å²) in [6.45, 7) is 1.83. The highest BCUT2D eigenvalue weighted by molar-refractivity contribution is 5.59. The van der Waals surface area contributed by atoms with Crippen molar-refractivity contribution in [2.45, 2.75) is 37.7 Å². The Labute approximate surface area is 163 Å². The van der Waals surface area contributed by atoms with E-state index in [1.54, 1.807) is 23.3 Å². The molecule has 0 spiro atoms. The fourth-order valence-electron chi connectivity index (χ4n) is 3.53. The van der Waals surface area contributed by atoms with Crippen LogP contribution in [0.3, 0.4) is 0 Å². The number of ether oxygens (including phenoxy) is 1. The maximum Gasteiger partial charge on any atom is 0.316 e. The molecule has 0 aromatic carbocycles. The van der Waals surface area contributed by atoms with Crippen LogP contribution >= 0.6 is 0 Å². The monoisotopic (exact) mass is 377 g/mol. The van der Waals surface area contributed by atoms with Gasteiger partial charge in [-0.1, -0.05) is 0 Å². The van der Waals surface area contributed by atoms with Crippen molar-refractivity contribution in [3.63, 3.8) is 0 Å². The number of aromatic nitrogens is 6. The van der Waals surface area contributed by atoms with Gasteiger partial charge in [0.1, 0.15) is 17.7 Å². The van der Waals surface area contributed by atoms with Crippen LogP contribution in [0.25, 0.3) is 11.1 Å². The lowest BCUT2D eigenvalue weighted by Crippen LogP contribution is -2.39. The number of nitrogens with zero attached hydrogens (tertiary/aromatic N) is 7. The quantitative estimate of drug-likeness (QED) is 0.676. The number of hydrogen-bond acceptors (Lipinski definition) is 7. The van der Waals surface area contributed by atoms with E-state index in [2.05, 4.69) is 25.0 Å². The fraction of sp³-hybridized carbons (Fsp3) is 0.450. The van der Waals surface area contributed by atoms with Crippen LogP contribution in [0, 0.1) is 0 Å². The van der Waals surface area contributed by atoms with Crippen molar-refractivity contribution in [3.8, 4) is 17.1 Å². The summed E-state index contributed by atoms with van der Waals surface area (Å²) in [6.07, 6.45) is 13.6. The third-order valence-corrected chi connectivity index (χ3v) is 5.31. The molecule has 4 heterocycles. The lowest BCUT2D eigenvalue weighted by atomic mass is 10.1. The minimum absolute atomic E-state index is 0.130. The minimum Gasteiger partial charge on any atom is -0.460 e. The standard InChI is InChI=1S/C20H23N7O/c1-26-13-16(12-24-26)15-10-22-20(23-11-15)28-17-5-8-27(9-6-17)18-4-7-21-19(25-18)14-2-3-14/h4,7,10-14,17H,2-3,5-6,8-9H2,1H3. The fourth-order valence-corrected chi connectivity index (χ4v) is 3.53. The summed E-state index contributed by atoms with van der Waals surface area (Å²) < 4.78 is 7.77. The molecule has 1 aliphatic carbocycles. The molecule has 0 radical (unpaired) electrons. The summed E-state index contributed by atoms with van der Waals surface area (Å²) in [5.41, 5.74) is 1.93. The molecular weight excluding hydrogens is 354 g/mol. The van der Waals surface area contributed by atoms with Crippen LogP contribution < -0.4 is 9.64 Å². The van der Waals surface area contributed by atoms with Crippen LogP contribution in [-0.2, 0) is 7.05 Å². The number of hydrogen-bond donors (Lipinski definition) is 0. The van der Waals surface area contributed by atoms with Crippen LogP contribution in [0.2, 0.25) is 0 Å². The van der Waals surface area contributed by atoms with Gasteiger partial charge in [0, 0.05) is 74.8 Å². The van der Waals surface area contributed by atoms with Gasteiger partial charge in [-0.15, -0.1) is 0 Å². The highest BCUT2D eigenvalue weighted by Gasteiger charge is 2.28. The molecule has 5 rings (SSSR count). The van der Waals surface area contributed by atoms with Crippen molar-refractivity contribution in [1.82, 2.24) is 29.7 Å². The molecule has 1 saturated carbocycles. The van der Waals surface area contributed by atoms with Gasteiger partial charge in [-0.3, -0.25) is 4.68 Å². The Hall–Kier alpha value is -3.03. The highest BCUT2D eigenvalue weighted by Crippen LogP contribution is 2.38. The first-order valence-corrected chi connectivity index (χ1v) is 9.80. The van der Waals surface area contributed by atoms with Gasteiger partial charge >= 0.3 is 6.01 Å². The van der Waals surface area contributed by atoms with Gasteiger partial charge in [0.05, 0.1) is 6.20 Å². The van der Waals surface area contributed by atoms with Gasteiger partial charge in [0.15, 0.2) is 0 Å². The zero-order valence-corrected chi connectivity index (χ0v) is 15.9. The van der Waals surface area contributed by atoms with E-state index in [0.29, 0.717) is 11.9 Å². The van der Waals surface area contributed by atoms with E-state index < -0.39 is 0 Å². The van der Waals surface area contributed by atoms with Gasteiger partial charge in [-0.05, 0) is 18.9 Å². The topological polar surface area (TPSA) is 81.9 Å². The van der Waals surface area contributed by atoms with Crippen LogP contribution in [0.15, 0.2) is 37.1 Å².